The summed E-state index contributed by atoms with van der Waals surface area (Å²) in [4.78, 5) is 38.7. The lowest BCUT2D eigenvalue weighted by Gasteiger charge is -2.40. The fourth-order valence-corrected chi connectivity index (χ4v) is 3.43. The molecule has 1 aliphatic rings. The monoisotopic (exact) mass is 484 g/mol. The van der Waals surface area contributed by atoms with Gasteiger partial charge in [0.15, 0.2) is 0 Å². The summed E-state index contributed by atoms with van der Waals surface area (Å²) < 4.78 is 23.9. The molecule has 1 aliphatic heterocycles. The average Bonchev–Trinajstić information content (AvgIpc) is 2.67. The number of carbonyl (C=O) groups excluding carboxylic acids is 3. The molecule has 164 valence electrons. The molecule has 1 aromatic carbocycles. The second-order valence-corrected chi connectivity index (χ2v) is 8.89. The first kappa shape index (κ1) is 23.9. The Morgan fingerprint density at radius 2 is 1.87 bits per heavy atom. The van der Waals surface area contributed by atoms with Gasteiger partial charge < -0.3 is 19.7 Å². The highest BCUT2D eigenvalue weighted by Crippen LogP contribution is 2.25. The molecule has 0 aromatic heterocycles. The van der Waals surface area contributed by atoms with E-state index in [0.29, 0.717) is 5.56 Å². The summed E-state index contributed by atoms with van der Waals surface area (Å²) in [6, 6.07) is 4.35. The predicted octanol–water partition coefficient (Wildman–Crippen LogP) is 3.66. The highest BCUT2D eigenvalue weighted by atomic mass is 79.9. The Labute approximate surface area is 183 Å². The van der Waals surface area contributed by atoms with Gasteiger partial charge in [-0.25, -0.2) is 14.0 Å². The molecule has 2 rings (SSSR count). The lowest BCUT2D eigenvalue weighted by Crippen LogP contribution is -2.61. The maximum absolute atomic E-state index is 13.3. The van der Waals surface area contributed by atoms with Crippen LogP contribution in [0.25, 0.3) is 6.08 Å². The Morgan fingerprint density at radius 1 is 1.23 bits per heavy atom. The topological polar surface area (TPSA) is 84.9 Å². The second-order valence-electron chi connectivity index (χ2n) is 8.04. The number of methoxy groups -OCH3 is 1. The van der Waals surface area contributed by atoms with Crippen LogP contribution < -0.4 is 5.32 Å². The number of nitrogens with one attached hydrogen (secondary N) is 1. The first-order valence-corrected chi connectivity index (χ1v) is 10.3. The highest BCUT2D eigenvalue weighted by molar-refractivity contribution is 9.10. The van der Waals surface area contributed by atoms with Crippen molar-refractivity contribution in [2.45, 2.75) is 44.8 Å². The Hall–Kier alpha value is -2.42. The van der Waals surface area contributed by atoms with Crippen LogP contribution in [-0.4, -0.2) is 54.2 Å². The summed E-state index contributed by atoms with van der Waals surface area (Å²) in [5.74, 6) is -1.47. The average molecular weight is 485 g/mol. The fraction of sp³-hybridized carbons (Fsp3) is 0.476. The van der Waals surface area contributed by atoms with Crippen LogP contribution in [0.5, 0.6) is 0 Å². The van der Waals surface area contributed by atoms with Crippen molar-refractivity contribution in [2.24, 2.45) is 0 Å². The van der Waals surface area contributed by atoms with Gasteiger partial charge in [0.25, 0.3) is 0 Å². The van der Waals surface area contributed by atoms with E-state index in [1.54, 1.807) is 20.8 Å². The minimum atomic E-state index is -1.24. The molecule has 1 saturated heterocycles. The zero-order valence-electron chi connectivity index (χ0n) is 17.5. The summed E-state index contributed by atoms with van der Waals surface area (Å²) in [5, 5.41) is 2.72. The largest absolute Gasteiger partial charge is 0.467 e. The van der Waals surface area contributed by atoms with Crippen LogP contribution in [0.2, 0.25) is 0 Å². The van der Waals surface area contributed by atoms with Gasteiger partial charge in [0.2, 0.25) is 5.91 Å². The molecule has 7 nitrogen and oxygen atoms in total. The molecule has 0 radical (unpaired) electrons. The predicted molar refractivity (Wildman–Crippen MR) is 113 cm³/mol. The van der Waals surface area contributed by atoms with Crippen LogP contribution >= 0.6 is 15.9 Å². The molecule has 0 saturated carbocycles. The highest BCUT2D eigenvalue weighted by Gasteiger charge is 2.44. The number of halogens is 2. The van der Waals surface area contributed by atoms with E-state index in [9.17, 15) is 18.8 Å². The van der Waals surface area contributed by atoms with Crippen molar-refractivity contribution >= 4 is 40.0 Å². The van der Waals surface area contributed by atoms with Gasteiger partial charge in [-0.1, -0.05) is 6.07 Å². The van der Waals surface area contributed by atoms with Crippen LogP contribution in [0.15, 0.2) is 28.7 Å². The van der Waals surface area contributed by atoms with E-state index < -0.39 is 34.9 Å². The summed E-state index contributed by atoms with van der Waals surface area (Å²) in [6.07, 6.45) is 2.71. The van der Waals surface area contributed by atoms with Gasteiger partial charge in [-0.05, 0) is 73.3 Å². The zero-order valence-corrected chi connectivity index (χ0v) is 19.0. The molecule has 30 heavy (non-hydrogen) atoms. The third-order valence-electron chi connectivity index (χ3n) is 4.58. The molecular weight excluding hydrogens is 459 g/mol. The van der Waals surface area contributed by atoms with Gasteiger partial charge in [-0.2, -0.15) is 0 Å². The number of amides is 2. The van der Waals surface area contributed by atoms with Gasteiger partial charge in [-0.15, -0.1) is 0 Å². The Morgan fingerprint density at radius 3 is 2.40 bits per heavy atom. The van der Waals surface area contributed by atoms with Crippen LogP contribution in [0.1, 0.15) is 39.2 Å². The van der Waals surface area contributed by atoms with Crippen LogP contribution in [0.3, 0.4) is 0 Å². The molecule has 0 spiro atoms. The number of ether oxygens (including phenoxy) is 2. The van der Waals surface area contributed by atoms with Crippen molar-refractivity contribution < 1.29 is 28.2 Å². The summed E-state index contributed by atoms with van der Waals surface area (Å²) in [7, 11) is 1.25. The molecular formula is C21H26BrFN2O5. The minimum Gasteiger partial charge on any atom is -0.467 e. The van der Waals surface area contributed by atoms with E-state index >= 15 is 0 Å². The molecule has 0 bridgehead atoms. The lowest BCUT2D eigenvalue weighted by atomic mass is 9.87. The number of rotatable bonds is 4. The summed E-state index contributed by atoms with van der Waals surface area (Å²) in [6.45, 7) is 5.80. The first-order valence-electron chi connectivity index (χ1n) is 9.47. The molecule has 1 fully saturated rings. The Bertz CT molecular complexity index is 842. The maximum Gasteiger partial charge on any atom is 0.410 e. The van der Waals surface area contributed by atoms with Crippen molar-refractivity contribution in [1.82, 2.24) is 10.2 Å². The van der Waals surface area contributed by atoms with Gasteiger partial charge in [-0.3, -0.25) is 4.79 Å². The zero-order chi connectivity index (χ0) is 22.5. The second kappa shape index (κ2) is 9.59. The Balaban J connectivity index is 2.06. The Kier molecular flexibility index (Phi) is 7.63. The quantitative estimate of drug-likeness (QED) is 0.520. The molecule has 0 atom stereocenters. The van der Waals surface area contributed by atoms with Gasteiger partial charge in [0, 0.05) is 19.2 Å². The number of piperidine rings is 1. The van der Waals surface area contributed by atoms with E-state index in [2.05, 4.69) is 21.2 Å². The number of esters is 1. The number of carbonyl (C=O) groups is 3. The van der Waals surface area contributed by atoms with Gasteiger partial charge in [0.1, 0.15) is 17.0 Å². The van der Waals surface area contributed by atoms with Crippen molar-refractivity contribution in [3.8, 4) is 0 Å². The lowest BCUT2D eigenvalue weighted by molar-refractivity contribution is -0.152. The first-order chi connectivity index (χ1) is 14.0. The van der Waals surface area contributed by atoms with Crippen molar-refractivity contribution in [3.05, 3.63) is 40.1 Å². The number of benzene rings is 1. The number of hydrogen-bond donors (Lipinski definition) is 1. The van der Waals surface area contributed by atoms with E-state index in [-0.39, 0.29) is 30.4 Å². The fourth-order valence-electron chi connectivity index (χ4n) is 3.04. The molecule has 2 amide bonds. The van der Waals surface area contributed by atoms with E-state index in [1.165, 1.54) is 42.4 Å². The summed E-state index contributed by atoms with van der Waals surface area (Å²) in [5.41, 5.74) is -1.24. The van der Waals surface area contributed by atoms with E-state index in [0.717, 1.165) is 0 Å². The molecule has 1 aromatic rings. The number of nitrogens with zero attached hydrogens (tertiary/aromatic N) is 1. The van der Waals surface area contributed by atoms with Crippen LogP contribution in [0.4, 0.5) is 9.18 Å². The maximum atomic E-state index is 13.3. The normalized spacial score (nSPS) is 16.3. The molecule has 1 N–H and O–H groups in total. The SMILES string of the molecule is COC(=O)C1(NC(=O)/C=C/c2ccc(F)c(Br)c2)CCN(C(=O)OC(C)(C)C)CC1. The number of hydrogen-bond acceptors (Lipinski definition) is 5. The number of likely N-dealkylation sites (tertiary alicyclic amines) is 1. The molecule has 0 aliphatic carbocycles. The van der Waals surface area contributed by atoms with E-state index in [1.807, 2.05) is 0 Å². The van der Waals surface area contributed by atoms with Crippen LogP contribution in [-0.2, 0) is 19.1 Å². The third kappa shape index (κ3) is 6.29. The van der Waals surface area contributed by atoms with Crippen LogP contribution in [0, 0.1) is 5.82 Å². The summed E-state index contributed by atoms with van der Waals surface area (Å²) >= 11 is 3.09. The molecule has 9 heteroatoms. The third-order valence-corrected chi connectivity index (χ3v) is 5.19. The minimum absolute atomic E-state index is 0.195. The van der Waals surface area contributed by atoms with Gasteiger partial charge in [0.05, 0.1) is 11.6 Å². The van der Waals surface area contributed by atoms with Gasteiger partial charge >= 0.3 is 12.1 Å². The smallest absolute Gasteiger partial charge is 0.410 e. The van der Waals surface area contributed by atoms with Crippen molar-refractivity contribution in [3.63, 3.8) is 0 Å². The molecule has 0 unspecified atom stereocenters. The van der Waals surface area contributed by atoms with Crippen molar-refractivity contribution in [2.75, 3.05) is 20.2 Å². The standard InChI is InChI=1S/C21H26BrFN2O5/c1-20(2,3)30-19(28)25-11-9-21(10-12-25,18(27)29-4)24-17(26)8-6-14-5-7-16(23)15(22)13-14/h5-8,13H,9-12H2,1-4H3,(H,24,26)/b8-6+. The van der Waals surface area contributed by atoms with Crippen molar-refractivity contribution in [1.29, 1.82) is 0 Å². The molecule has 1 heterocycles. The van der Waals surface area contributed by atoms with E-state index in [4.69, 9.17) is 9.47 Å².